The lowest BCUT2D eigenvalue weighted by Crippen LogP contribution is -2.55. The number of likely N-dealkylation sites (tertiary alicyclic amines) is 1. The number of carbonyl (C=O) groups excluding carboxylic acids is 2. The van der Waals surface area contributed by atoms with Crippen molar-refractivity contribution < 1.29 is 18.0 Å². The summed E-state index contributed by atoms with van der Waals surface area (Å²) in [6.07, 6.45) is 4.84. The normalized spacial score (nSPS) is 25.0. The quantitative estimate of drug-likeness (QED) is 0.784. The lowest BCUT2D eigenvalue weighted by Gasteiger charge is -2.36. The van der Waals surface area contributed by atoms with E-state index in [-0.39, 0.29) is 17.9 Å². The lowest BCUT2D eigenvalue weighted by molar-refractivity contribution is -0.130. The summed E-state index contributed by atoms with van der Waals surface area (Å²) in [5.74, 6) is -0.147. The fourth-order valence-electron chi connectivity index (χ4n) is 3.20. The molecule has 1 atom stereocenters. The minimum Gasteiger partial charge on any atom is -0.352 e. The van der Waals surface area contributed by atoms with Gasteiger partial charge in [0.15, 0.2) is 0 Å². The van der Waals surface area contributed by atoms with Crippen molar-refractivity contribution >= 4 is 21.8 Å². The molecule has 2 fully saturated rings. The summed E-state index contributed by atoms with van der Waals surface area (Å²) >= 11 is 0. The van der Waals surface area contributed by atoms with Gasteiger partial charge in [0.1, 0.15) is 6.04 Å². The van der Waals surface area contributed by atoms with Gasteiger partial charge in [0, 0.05) is 32.6 Å². The van der Waals surface area contributed by atoms with Crippen LogP contribution in [0.5, 0.6) is 0 Å². The Morgan fingerprint density at radius 1 is 1.05 bits per heavy atom. The van der Waals surface area contributed by atoms with E-state index in [1.165, 1.54) is 4.31 Å². The molecule has 0 aromatic heterocycles. The van der Waals surface area contributed by atoms with Crippen molar-refractivity contribution in [2.24, 2.45) is 0 Å². The largest absolute Gasteiger partial charge is 0.352 e. The monoisotopic (exact) mass is 331 g/mol. The third-order valence-corrected chi connectivity index (χ3v) is 5.76. The summed E-state index contributed by atoms with van der Waals surface area (Å²) in [6.45, 7) is 3.24. The molecule has 0 aromatic carbocycles. The SMILES string of the molecule is CC(=O)N1CCC(NC(=O)[C@H]2CCCCN2S(C)(=O)=O)CC1. The van der Waals surface area contributed by atoms with Crippen LogP contribution in [0.2, 0.25) is 0 Å². The van der Waals surface area contributed by atoms with Crippen molar-refractivity contribution in [3.63, 3.8) is 0 Å². The van der Waals surface area contributed by atoms with E-state index >= 15 is 0 Å². The first-order chi connectivity index (χ1) is 10.3. The molecular formula is C14H25N3O4S. The van der Waals surface area contributed by atoms with E-state index in [9.17, 15) is 18.0 Å². The molecule has 0 spiro atoms. The Labute approximate surface area is 132 Å². The highest BCUT2D eigenvalue weighted by Gasteiger charge is 2.35. The van der Waals surface area contributed by atoms with Gasteiger partial charge in [-0.25, -0.2) is 8.42 Å². The highest BCUT2D eigenvalue weighted by Crippen LogP contribution is 2.21. The van der Waals surface area contributed by atoms with Crippen molar-refractivity contribution in [1.29, 1.82) is 0 Å². The van der Waals surface area contributed by atoms with Gasteiger partial charge in [-0.3, -0.25) is 9.59 Å². The predicted molar refractivity (Wildman–Crippen MR) is 82.6 cm³/mol. The summed E-state index contributed by atoms with van der Waals surface area (Å²) in [5.41, 5.74) is 0. The van der Waals surface area contributed by atoms with Gasteiger partial charge in [0.25, 0.3) is 0 Å². The number of nitrogens with one attached hydrogen (secondary N) is 1. The van der Waals surface area contributed by atoms with E-state index in [1.54, 1.807) is 11.8 Å². The zero-order valence-corrected chi connectivity index (χ0v) is 14.1. The number of amides is 2. The van der Waals surface area contributed by atoms with Crippen LogP contribution in [-0.2, 0) is 19.6 Å². The molecule has 8 heteroatoms. The van der Waals surface area contributed by atoms with Gasteiger partial charge in [-0.1, -0.05) is 6.42 Å². The summed E-state index contributed by atoms with van der Waals surface area (Å²) in [4.78, 5) is 25.5. The average Bonchev–Trinajstić information content (AvgIpc) is 2.47. The van der Waals surface area contributed by atoms with Gasteiger partial charge in [-0.15, -0.1) is 0 Å². The molecule has 0 bridgehead atoms. The first-order valence-corrected chi connectivity index (χ1v) is 9.66. The second-order valence-electron chi connectivity index (χ2n) is 6.17. The maximum absolute atomic E-state index is 12.4. The maximum atomic E-state index is 12.4. The number of sulfonamides is 1. The van der Waals surface area contributed by atoms with Crippen LogP contribution in [0.15, 0.2) is 0 Å². The number of nitrogens with zero attached hydrogens (tertiary/aromatic N) is 2. The molecule has 7 nitrogen and oxygen atoms in total. The lowest BCUT2D eigenvalue weighted by atomic mass is 10.0. The van der Waals surface area contributed by atoms with Crippen molar-refractivity contribution in [2.45, 2.75) is 51.1 Å². The van der Waals surface area contributed by atoms with Gasteiger partial charge in [0.05, 0.1) is 6.26 Å². The highest BCUT2D eigenvalue weighted by molar-refractivity contribution is 7.88. The number of hydrogen-bond donors (Lipinski definition) is 1. The van der Waals surface area contributed by atoms with E-state index in [2.05, 4.69) is 5.32 Å². The van der Waals surface area contributed by atoms with Crippen molar-refractivity contribution in [1.82, 2.24) is 14.5 Å². The second-order valence-corrected chi connectivity index (χ2v) is 8.11. The van der Waals surface area contributed by atoms with Crippen LogP contribution in [0.1, 0.15) is 39.0 Å². The van der Waals surface area contributed by atoms with Gasteiger partial charge in [0.2, 0.25) is 21.8 Å². The Morgan fingerprint density at radius 3 is 2.23 bits per heavy atom. The van der Waals surface area contributed by atoms with Crippen LogP contribution in [-0.4, -0.2) is 67.4 Å². The average molecular weight is 331 g/mol. The first-order valence-electron chi connectivity index (χ1n) is 7.81. The third kappa shape index (κ3) is 4.19. The topological polar surface area (TPSA) is 86.8 Å². The maximum Gasteiger partial charge on any atom is 0.238 e. The Balaban J connectivity index is 1.92. The molecule has 2 aliphatic heterocycles. The van der Waals surface area contributed by atoms with E-state index in [1.807, 2.05) is 0 Å². The summed E-state index contributed by atoms with van der Waals surface area (Å²) in [5, 5.41) is 2.97. The minimum absolute atomic E-state index is 0.0198. The number of hydrogen-bond acceptors (Lipinski definition) is 4. The second kappa shape index (κ2) is 6.95. The van der Waals surface area contributed by atoms with Crippen molar-refractivity contribution in [3.8, 4) is 0 Å². The molecule has 126 valence electrons. The van der Waals surface area contributed by atoms with Crippen molar-refractivity contribution in [3.05, 3.63) is 0 Å². The number of rotatable bonds is 3. The summed E-state index contributed by atoms with van der Waals surface area (Å²) in [6, 6.07) is -0.568. The summed E-state index contributed by atoms with van der Waals surface area (Å²) in [7, 11) is -3.36. The molecular weight excluding hydrogens is 306 g/mol. The van der Waals surface area contributed by atoms with Gasteiger partial charge >= 0.3 is 0 Å². The smallest absolute Gasteiger partial charge is 0.238 e. The molecule has 0 aromatic rings. The molecule has 0 unspecified atom stereocenters. The third-order valence-electron chi connectivity index (χ3n) is 4.47. The zero-order valence-electron chi connectivity index (χ0n) is 13.2. The van der Waals surface area contributed by atoms with Crippen LogP contribution in [0.25, 0.3) is 0 Å². The molecule has 2 heterocycles. The van der Waals surface area contributed by atoms with E-state index in [0.29, 0.717) is 26.1 Å². The zero-order chi connectivity index (χ0) is 16.3. The Morgan fingerprint density at radius 2 is 1.68 bits per heavy atom. The molecule has 0 saturated carbocycles. The van der Waals surface area contributed by atoms with Gasteiger partial charge < -0.3 is 10.2 Å². The number of carbonyl (C=O) groups is 2. The Hall–Kier alpha value is -1.15. The van der Waals surface area contributed by atoms with E-state index < -0.39 is 16.1 Å². The fraction of sp³-hybridized carbons (Fsp3) is 0.857. The highest BCUT2D eigenvalue weighted by atomic mass is 32.2. The molecule has 0 aliphatic carbocycles. The first kappa shape index (κ1) is 17.2. The standard InChI is InChI=1S/C14H25N3O4S/c1-11(18)16-9-6-12(7-10-16)15-14(19)13-5-3-4-8-17(13)22(2,20)21/h12-13H,3-10H2,1-2H3,(H,15,19)/t13-/m1/s1. The van der Waals surface area contributed by atoms with Gasteiger partial charge in [-0.2, -0.15) is 4.31 Å². The molecule has 2 aliphatic rings. The van der Waals surface area contributed by atoms with E-state index in [4.69, 9.17) is 0 Å². The van der Waals surface area contributed by atoms with Crippen LogP contribution in [0.3, 0.4) is 0 Å². The Kier molecular flexibility index (Phi) is 5.44. The minimum atomic E-state index is -3.36. The van der Waals surface area contributed by atoms with Gasteiger partial charge in [-0.05, 0) is 25.7 Å². The predicted octanol–water partition coefficient (Wildman–Crippen LogP) is -0.0724. The fourth-order valence-corrected chi connectivity index (χ4v) is 4.32. The van der Waals surface area contributed by atoms with Crippen molar-refractivity contribution in [2.75, 3.05) is 25.9 Å². The molecule has 2 amide bonds. The Bertz CT molecular complexity index is 526. The van der Waals surface area contributed by atoms with E-state index in [0.717, 1.165) is 31.9 Å². The van der Waals surface area contributed by atoms with Crippen LogP contribution in [0.4, 0.5) is 0 Å². The number of piperidine rings is 2. The molecule has 2 saturated heterocycles. The molecule has 2 rings (SSSR count). The summed E-state index contributed by atoms with van der Waals surface area (Å²) < 4.78 is 24.9. The van der Waals surface area contributed by atoms with Crippen LogP contribution >= 0.6 is 0 Å². The van der Waals surface area contributed by atoms with Crippen LogP contribution < -0.4 is 5.32 Å². The van der Waals surface area contributed by atoms with Crippen LogP contribution in [0, 0.1) is 0 Å². The molecule has 0 radical (unpaired) electrons. The molecule has 22 heavy (non-hydrogen) atoms. The molecule has 1 N–H and O–H groups in total.